The number of carbonyl (C=O) groups excluding carboxylic acids is 1. The number of benzene rings is 3. The molecule has 0 bridgehead atoms. The molecule has 8 nitrogen and oxygen atoms in total. The van der Waals surface area contributed by atoms with E-state index in [1.165, 1.54) is 49.6 Å². The summed E-state index contributed by atoms with van der Waals surface area (Å²) in [5.41, 5.74) is -0.236. The SMILES string of the molecule is COc1ccc(OCC(C)NC(=O)CN(c2ccccc2F)S(=O)(=O)c2ccc(OC)cc2)cc1. The highest BCUT2D eigenvalue weighted by Crippen LogP contribution is 2.27. The van der Waals surface area contributed by atoms with Gasteiger partial charge in [0.15, 0.2) is 0 Å². The number of nitrogens with one attached hydrogen (secondary N) is 1. The van der Waals surface area contributed by atoms with Gasteiger partial charge >= 0.3 is 0 Å². The van der Waals surface area contributed by atoms with Crippen molar-refractivity contribution in [3.05, 3.63) is 78.6 Å². The molecule has 0 aromatic heterocycles. The van der Waals surface area contributed by atoms with Crippen LogP contribution in [0, 0.1) is 5.82 Å². The van der Waals surface area contributed by atoms with Crippen molar-refractivity contribution in [2.75, 3.05) is 31.7 Å². The van der Waals surface area contributed by atoms with Gasteiger partial charge in [-0.1, -0.05) is 12.1 Å². The van der Waals surface area contributed by atoms with Crippen molar-refractivity contribution < 1.29 is 31.8 Å². The molecule has 10 heteroatoms. The third-order valence-electron chi connectivity index (χ3n) is 5.02. The molecule has 3 rings (SSSR count). The van der Waals surface area contributed by atoms with Crippen LogP contribution >= 0.6 is 0 Å². The van der Waals surface area contributed by atoms with Gasteiger partial charge in [0, 0.05) is 0 Å². The fraction of sp³-hybridized carbons (Fsp3) is 0.240. The summed E-state index contributed by atoms with van der Waals surface area (Å²) in [4.78, 5) is 12.7. The Morgan fingerprint density at radius 3 is 2.03 bits per heavy atom. The Hall–Kier alpha value is -3.79. The standard InChI is InChI=1S/C25H27FN2O6S/c1-18(17-34-21-10-8-19(32-2)9-11-21)27-25(29)16-28(24-7-5-4-6-23(24)26)35(30,31)22-14-12-20(33-3)13-15-22/h4-15,18H,16-17H2,1-3H3,(H,27,29). The van der Waals surface area contributed by atoms with E-state index >= 15 is 0 Å². The van der Waals surface area contributed by atoms with Crippen LogP contribution < -0.4 is 23.8 Å². The van der Waals surface area contributed by atoms with Crippen LogP contribution in [0.1, 0.15) is 6.92 Å². The predicted molar refractivity (Wildman–Crippen MR) is 130 cm³/mol. The van der Waals surface area contributed by atoms with E-state index in [-0.39, 0.29) is 17.2 Å². The van der Waals surface area contributed by atoms with Crippen molar-refractivity contribution in [1.82, 2.24) is 5.32 Å². The second kappa shape index (κ2) is 11.6. The van der Waals surface area contributed by atoms with Crippen molar-refractivity contribution in [2.45, 2.75) is 17.9 Å². The van der Waals surface area contributed by atoms with Gasteiger partial charge in [-0.15, -0.1) is 0 Å². The van der Waals surface area contributed by atoms with E-state index in [0.717, 1.165) is 10.4 Å². The number of carbonyl (C=O) groups is 1. The highest BCUT2D eigenvalue weighted by molar-refractivity contribution is 7.92. The Morgan fingerprint density at radius 1 is 0.914 bits per heavy atom. The van der Waals surface area contributed by atoms with Crippen LogP contribution in [-0.2, 0) is 14.8 Å². The number of para-hydroxylation sites is 1. The number of hydrogen-bond acceptors (Lipinski definition) is 6. The van der Waals surface area contributed by atoms with Crippen molar-refractivity contribution in [3.63, 3.8) is 0 Å². The molecule has 3 aromatic carbocycles. The zero-order valence-corrected chi connectivity index (χ0v) is 20.4. The number of anilines is 1. The zero-order chi connectivity index (χ0) is 25.4. The quantitative estimate of drug-likeness (QED) is 0.431. The first-order valence-corrected chi connectivity index (χ1v) is 12.2. The van der Waals surface area contributed by atoms with E-state index in [0.29, 0.717) is 17.2 Å². The lowest BCUT2D eigenvalue weighted by Gasteiger charge is -2.25. The molecule has 0 saturated heterocycles. The van der Waals surface area contributed by atoms with E-state index in [2.05, 4.69) is 5.32 Å². The van der Waals surface area contributed by atoms with Gasteiger partial charge in [-0.05, 0) is 67.6 Å². The topological polar surface area (TPSA) is 94.2 Å². The molecule has 0 spiro atoms. The van der Waals surface area contributed by atoms with E-state index in [9.17, 15) is 17.6 Å². The summed E-state index contributed by atoms with van der Waals surface area (Å²) in [5.74, 6) is 0.348. The molecule has 1 atom stereocenters. The Balaban J connectivity index is 1.74. The molecule has 1 N–H and O–H groups in total. The van der Waals surface area contributed by atoms with Crippen LogP contribution in [0.4, 0.5) is 10.1 Å². The molecule has 0 radical (unpaired) electrons. The zero-order valence-electron chi connectivity index (χ0n) is 19.6. The first kappa shape index (κ1) is 25.8. The van der Waals surface area contributed by atoms with Gasteiger partial charge in [-0.2, -0.15) is 0 Å². The molecule has 0 aliphatic rings. The number of nitrogens with zero attached hydrogens (tertiary/aromatic N) is 1. The van der Waals surface area contributed by atoms with E-state index in [1.54, 1.807) is 38.3 Å². The molecule has 0 fully saturated rings. The second-order valence-corrected chi connectivity index (χ2v) is 9.46. The van der Waals surface area contributed by atoms with Crippen LogP contribution in [0.5, 0.6) is 17.2 Å². The number of hydrogen-bond donors (Lipinski definition) is 1. The second-order valence-electron chi connectivity index (χ2n) is 7.59. The van der Waals surface area contributed by atoms with E-state index in [1.807, 2.05) is 0 Å². The summed E-state index contributed by atoms with van der Waals surface area (Å²) in [5, 5.41) is 2.70. The van der Waals surface area contributed by atoms with Crippen LogP contribution in [-0.4, -0.2) is 47.7 Å². The normalized spacial score (nSPS) is 11.9. The Bertz CT molecular complexity index is 1230. The molecule has 186 valence electrons. The lowest BCUT2D eigenvalue weighted by molar-refractivity contribution is -0.120. The average molecular weight is 503 g/mol. The van der Waals surface area contributed by atoms with Gasteiger partial charge in [0.2, 0.25) is 5.91 Å². The van der Waals surface area contributed by atoms with Crippen molar-refractivity contribution in [3.8, 4) is 17.2 Å². The van der Waals surface area contributed by atoms with Gasteiger partial charge in [0.05, 0.1) is 30.8 Å². The molecule has 0 aliphatic carbocycles. The van der Waals surface area contributed by atoms with E-state index in [4.69, 9.17) is 14.2 Å². The average Bonchev–Trinajstić information content (AvgIpc) is 2.87. The molecule has 0 saturated carbocycles. The number of halogens is 1. The summed E-state index contributed by atoms with van der Waals surface area (Å²) in [6.45, 7) is 1.23. The molecule has 3 aromatic rings. The number of rotatable bonds is 11. The van der Waals surface area contributed by atoms with Gasteiger partial charge in [-0.3, -0.25) is 9.10 Å². The van der Waals surface area contributed by atoms with Crippen LogP contribution in [0.15, 0.2) is 77.7 Å². The van der Waals surface area contributed by atoms with Crippen LogP contribution in [0.2, 0.25) is 0 Å². The molecule has 0 aliphatic heterocycles. The maximum Gasteiger partial charge on any atom is 0.264 e. The molecule has 1 amide bonds. The summed E-state index contributed by atoms with van der Waals surface area (Å²) in [6, 6.07) is 17.5. The van der Waals surface area contributed by atoms with Crippen LogP contribution in [0.3, 0.4) is 0 Å². The number of amides is 1. The highest BCUT2D eigenvalue weighted by atomic mass is 32.2. The van der Waals surface area contributed by atoms with Crippen molar-refractivity contribution in [2.24, 2.45) is 0 Å². The van der Waals surface area contributed by atoms with Gasteiger partial charge in [-0.25, -0.2) is 12.8 Å². The summed E-state index contributed by atoms with van der Waals surface area (Å²) >= 11 is 0. The Morgan fingerprint density at radius 2 is 1.46 bits per heavy atom. The summed E-state index contributed by atoms with van der Waals surface area (Å²) in [7, 11) is -1.24. The number of ether oxygens (including phenoxy) is 3. The van der Waals surface area contributed by atoms with Crippen LogP contribution in [0.25, 0.3) is 0 Å². The highest BCUT2D eigenvalue weighted by Gasteiger charge is 2.29. The molecular weight excluding hydrogens is 475 g/mol. The summed E-state index contributed by atoms with van der Waals surface area (Å²) in [6.07, 6.45) is 0. The maximum atomic E-state index is 14.6. The molecule has 35 heavy (non-hydrogen) atoms. The predicted octanol–water partition coefficient (Wildman–Crippen LogP) is 3.62. The fourth-order valence-electron chi connectivity index (χ4n) is 3.21. The third-order valence-corrected chi connectivity index (χ3v) is 6.80. The minimum absolute atomic E-state index is 0.106. The third kappa shape index (κ3) is 6.63. The molecule has 1 unspecified atom stereocenters. The smallest absolute Gasteiger partial charge is 0.264 e. The maximum absolute atomic E-state index is 14.6. The van der Waals surface area contributed by atoms with Crippen molar-refractivity contribution >= 4 is 21.6 Å². The summed E-state index contributed by atoms with van der Waals surface area (Å²) < 4.78 is 57.9. The monoisotopic (exact) mass is 502 g/mol. The van der Waals surface area contributed by atoms with E-state index < -0.39 is 34.3 Å². The number of sulfonamides is 1. The number of methoxy groups -OCH3 is 2. The molecule has 0 heterocycles. The Kier molecular flexibility index (Phi) is 8.53. The first-order valence-electron chi connectivity index (χ1n) is 10.7. The lowest BCUT2D eigenvalue weighted by Crippen LogP contribution is -2.45. The lowest BCUT2D eigenvalue weighted by atomic mass is 10.3. The minimum Gasteiger partial charge on any atom is -0.497 e. The fourth-order valence-corrected chi connectivity index (χ4v) is 4.64. The largest absolute Gasteiger partial charge is 0.497 e. The first-order chi connectivity index (χ1) is 16.7. The van der Waals surface area contributed by atoms with Crippen molar-refractivity contribution in [1.29, 1.82) is 0 Å². The molecular formula is C25H27FN2O6S. The Labute approximate surface area is 204 Å². The van der Waals surface area contributed by atoms with Gasteiger partial charge in [0.25, 0.3) is 10.0 Å². The van der Waals surface area contributed by atoms with Gasteiger partial charge < -0.3 is 19.5 Å². The minimum atomic E-state index is -4.26. The van der Waals surface area contributed by atoms with Gasteiger partial charge in [0.1, 0.15) is 36.2 Å².